The minimum atomic E-state index is -0.686. The number of hydrogen-bond donors (Lipinski definition) is 1. The van der Waals surface area contributed by atoms with Gasteiger partial charge in [0.05, 0.1) is 12.6 Å². The van der Waals surface area contributed by atoms with Gasteiger partial charge in [-0.05, 0) is 45.7 Å². The first-order chi connectivity index (χ1) is 9.51. The Morgan fingerprint density at radius 2 is 1.90 bits per heavy atom. The van der Waals surface area contributed by atoms with Crippen LogP contribution in [0.25, 0.3) is 0 Å². The first kappa shape index (κ1) is 15.2. The van der Waals surface area contributed by atoms with Crippen LogP contribution in [-0.4, -0.2) is 46.7 Å². The highest BCUT2D eigenvalue weighted by Gasteiger charge is 2.44. The topological polar surface area (TPSA) is 58.5 Å². The molecule has 112 valence electrons. The van der Waals surface area contributed by atoms with Gasteiger partial charge in [0.2, 0.25) is 5.88 Å². The average Bonchev–Trinajstić information content (AvgIpc) is 2.47. The Morgan fingerprint density at radius 3 is 2.45 bits per heavy atom. The highest BCUT2D eigenvalue weighted by Crippen LogP contribution is 2.44. The molecule has 1 aliphatic rings. The van der Waals surface area contributed by atoms with Crippen LogP contribution in [0.4, 0.5) is 0 Å². The molecular weight excluding hydrogens is 254 g/mol. The predicted octanol–water partition coefficient (Wildman–Crippen LogP) is 2.03. The highest BCUT2D eigenvalue weighted by atomic mass is 16.5. The molecule has 1 unspecified atom stereocenters. The lowest BCUT2D eigenvalue weighted by atomic mass is 9.72. The summed E-state index contributed by atoms with van der Waals surface area (Å²) >= 11 is 0. The van der Waals surface area contributed by atoms with Crippen molar-refractivity contribution in [1.82, 2.24) is 14.9 Å². The molecule has 5 nitrogen and oxygen atoms in total. The normalized spacial score (nSPS) is 28.4. The van der Waals surface area contributed by atoms with Crippen molar-refractivity contribution in [1.29, 1.82) is 0 Å². The van der Waals surface area contributed by atoms with Crippen LogP contribution >= 0.6 is 0 Å². The van der Waals surface area contributed by atoms with Gasteiger partial charge in [-0.1, -0.05) is 6.92 Å². The zero-order valence-corrected chi connectivity index (χ0v) is 12.8. The molecule has 1 fully saturated rings. The first-order valence-electron chi connectivity index (χ1n) is 7.21. The molecule has 0 radical (unpaired) electrons. The fourth-order valence-electron chi connectivity index (χ4n) is 3.16. The van der Waals surface area contributed by atoms with Gasteiger partial charge in [0, 0.05) is 12.4 Å². The molecule has 0 aromatic carbocycles. The maximum Gasteiger partial charge on any atom is 0.238 e. The summed E-state index contributed by atoms with van der Waals surface area (Å²) < 4.78 is 5.25. The van der Waals surface area contributed by atoms with E-state index in [9.17, 15) is 5.11 Å². The minimum absolute atomic E-state index is 0.282. The second-order valence-electron chi connectivity index (χ2n) is 6.03. The summed E-state index contributed by atoms with van der Waals surface area (Å²) in [5.74, 6) is 1.14. The molecule has 1 aliphatic carbocycles. The van der Waals surface area contributed by atoms with Gasteiger partial charge >= 0.3 is 0 Å². The Morgan fingerprint density at radius 1 is 1.30 bits per heavy atom. The largest absolute Gasteiger partial charge is 0.480 e. The molecule has 0 saturated heterocycles. The number of hydrogen-bond acceptors (Lipinski definition) is 5. The SMILES string of the molecule is COc1nccnc1C(O)C1(N(C)C)CCC(C)CC1. The number of likely N-dealkylation sites (N-methyl/N-ethyl adjacent to an activating group) is 1. The summed E-state index contributed by atoms with van der Waals surface area (Å²) in [6, 6.07) is 0. The molecule has 1 heterocycles. The molecule has 1 saturated carbocycles. The van der Waals surface area contributed by atoms with Crippen molar-refractivity contribution in [3.05, 3.63) is 18.1 Å². The van der Waals surface area contributed by atoms with Crippen LogP contribution in [0.2, 0.25) is 0 Å². The fourth-order valence-corrected chi connectivity index (χ4v) is 3.16. The Balaban J connectivity index is 2.34. The van der Waals surface area contributed by atoms with Crippen LogP contribution in [0, 0.1) is 5.92 Å². The Bertz CT molecular complexity index is 442. The molecule has 5 heteroatoms. The van der Waals surface area contributed by atoms with Gasteiger partial charge in [-0.15, -0.1) is 0 Å². The van der Waals surface area contributed by atoms with E-state index in [1.165, 1.54) is 0 Å². The van der Waals surface area contributed by atoms with E-state index in [-0.39, 0.29) is 5.54 Å². The molecule has 0 aliphatic heterocycles. The number of aliphatic hydroxyl groups excluding tert-OH is 1. The van der Waals surface area contributed by atoms with Crippen LogP contribution in [0.3, 0.4) is 0 Å². The third-order valence-electron chi connectivity index (χ3n) is 4.68. The average molecular weight is 279 g/mol. The summed E-state index contributed by atoms with van der Waals surface area (Å²) in [6.45, 7) is 2.27. The molecule has 20 heavy (non-hydrogen) atoms. The first-order valence-corrected chi connectivity index (χ1v) is 7.21. The van der Waals surface area contributed by atoms with E-state index in [1.54, 1.807) is 19.5 Å². The van der Waals surface area contributed by atoms with Crippen molar-refractivity contribution in [2.75, 3.05) is 21.2 Å². The Labute approximate surface area is 121 Å². The van der Waals surface area contributed by atoms with E-state index in [2.05, 4.69) is 21.8 Å². The zero-order valence-electron chi connectivity index (χ0n) is 12.8. The molecule has 1 aromatic heterocycles. The van der Waals surface area contributed by atoms with E-state index < -0.39 is 6.10 Å². The van der Waals surface area contributed by atoms with E-state index >= 15 is 0 Å². The zero-order chi connectivity index (χ0) is 14.8. The van der Waals surface area contributed by atoms with Crippen LogP contribution in [0.15, 0.2) is 12.4 Å². The molecule has 0 bridgehead atoms. The van der Waals surface area contributed by atoms with Crippen molar-refractivity contribution in [3.63, 3.8) is 0 Å². The number of nitrogens with zero attached hydrogens (tertiary/aromatic N) is 3. The Kier molecular flexibility index (Phi) is 4.60. The summed E-state index contributed by atoms with van der Waals surface area (Å²) in [5.41, 5.74) is 0.258. The highest BCUT2D eigenvalue weighted by molar-refractivity contribution is 5.24. The van der Waals surface area contributed by atoms with Crippen LogP contribution in [0.5, 0.6) is 5.88 Å². The van der Waals surface area contributed by atoms with Crippen molar-refractivity contribution in [2.24, 2.45) is 5.92 Å². The monoisotopic (exact) mass is 279 g/mol. The van der Waals surface area contributed by atoms with E-state index in [1.807, 2.05) is 14.1 Å². The van der Waals surface area contributed by atoms with Crippen molar-refractivity contribution >= 4 is 0 Å². The molecule has 1 atom stereocenters. The van der Waals surface area contributed by atoms with Gasteiger partial charge in [0.25, 0.3) is 0 Å². The number of rotatable bonds is 4. The smallest absolute Gasteiger partial charge is 0.238 e. The summed E-state index contributed by atoms with van der Waals surface area (Å²) in [7, 11) is 5.62. The molecule has 0 amide bonds. The maximum atomic E-state index is 10.9. The summed E-state index contributed by atoms with van der Waals surface area (Å²) in [4.78, 5) is 10.6. The van der Waals surface area contributed by atoms with Crippen molar-refractivity contribution in [2.45, 2.75) is 44.2 Å². The van der Waals surface area contributed by atoms with Crippen LogP contribution in [-0.2, 0) is 0 Å². The molecule has 2 rings (SSSR count). The fraction of sp³-hybridized carbons (Fsp3) is 0.733. The lowest BCUT2D eigenvalue weighted by Crippen LogP contribution is -2.51. The second kappa shape index (κ2) is 6.06. The molecule has 1 N–H and O–H groups in total. The van der Waals surface area contributed by atoms with E-state index in [0.717, 1.165) is 31.6 Å². The van der Waals surface area contributed by atoms with Crippen molar-refractivity contribution in [3.8, 4) is 5.88 Å². The van der Waals surface area contributed by atoms with Gasteiger partial charge in [0.15, 0.2) is 0 Å². The van der Waals surface area contributed by atoms with Crippen LogP contribution < -0.4 is 4.74 Å². The van der Waals surface area contributed by atoms with Gasteiger partial charge in [-0.3, -0.25) is 4.98 Å². The minimum Gasteiger partial charge on any atom is -0.480 e. The number of aromatic nitrogens is 2. The molecule has 0 spiro atoms. The van der Waals surface area contributed by atoms with Crippen LogP contribution in [0.1, 0.15) is 44.4 Å². The third kappa shape index (κ3) is 2.65. The number of methoxy groups -OCH3 is 1. The molecular formula is C15H25N3O2. The second-order valence-corrected chi connectivity index (χ2v) is 6.03. The standard InChI is InChI=1S/C15H25N3O2/c1-11-5-7-15(8-6-11,18(2)3)13(19)12-14(20-4)17-10-9-16-12/h9-11,13,19H,5-8H2,1-4H3. The Hall–Kier alpha value is -1.20. The summed E-state index contributed by atoms with van der Waals surface area (Å²) in [5, 5.41) is 10.9. The molecule has 1 aromatic rings. The van der Waals surface area contributed by atoms with E-state index in [4.69, 9.17) is 4.74 Å². The van der Waals surface area contributed by atoms with Crippen molar-refractivity contribution < 1.29 is 9.84 Å². The van der Waals surface area contributed by atoms with Gasteiger partial charge < -0.3 is 14.7 Å². The maximum absolute atomic E-state index is 10.9. The lowest BCUT2D eigenvalue weighted by Gasteiger charge is -2.47. The number of aliphatic hydroxyl groups is 1. The van der Waals surface area contributed by atoms with Gasteiger partial charge in [0.1, 0.15) is 11.8 Å². The van der Waals surface area contributed by atoms with E-state index in [0.29, 0.717) is 11.6 Å². The van der Waals surface area contributed by atoms with Gasteiger partial charge in [-0.25, -0.2) is 4.98 Å². The predicted molar refractivity (Wildman–Crippen MR) is 77.6 cm³/mol. The summed E-state index contributed by atoms with van der Waals surface area (Å²) in [6.07, 6.45) is 6.67. The lowest BCUT2D eigenvalue weighted by molar-refractivity contribution is -0.0441. The van der Waals surface area contributed by atoms with Gasteiger partial charge in [-0.2, -0.15) is 0 Å². The third-order valence-corrected chi connectivity index (χ3v) is 4.68. The number of ether oxygens (including phenoxy) is 1. The quantitative estimate of drug-likeness (QED) is 0.914.